The summed E-state index contributed by atoms with van der Waals surface area (Å²) in [6, 6.07) is 10.1. The summed E-state index contributed by atoms with van der Waals surface area (Å²) in [5.41, 5.74) is 3.21. The van der Waals surface area contributed by atoms with Crippen molar-refractivity contribution in [2.45, 2.75) is 19.4 Å². The van der Waals surface area contributed by atoms with Gasteiger partial charge in [0.15, 0.2) is 0 Å². The fourth-order valence-electron chi connectivity index (χ4n) is 2.54. The van der Waals surface area contributed by atoms with Crippen molar-refractivity contribution in [2.75, 3.05) is 18.9 Å². The predicted octanol–water partition coefficient (Wildman–Crippen LogP) is 3.38. The van der Waals surface area contributed by atoms with E-state index in [0.717, 1.165) is 24.9 Å². The summed E-state index contributed by atoms with van der Waals surface area (Å²) in [4.78, 5) is 15.5. The molecule has 1 aromatic heterocycles. The van der Waals surface area contributed by atoms with E-state index >= 15 is 0 Å². The van der Waals surface area contributed by atoms with Gasteiger partial charge >= 0.3 is 0 Å². The normalized spacial score (nSPS) is 13.4. The Kier molecular flexibility index (Phi) is 3.74. The molecule has 0 saturated heterocycles. The number of amides is 1. The van der Waals surface area contributed by atoms with Gasteiger partial charge in [-0.15, -0.1) is 11.3 Å². The van der Waals surface area contributed by atoms with Crippen molar-refractivity contribution in [3.05, 3.63) is 51.7 Å². The molecule has 1 N–H and O–H groups in total. The minimum Gasteiger partial charge on any atom is -0.385 e. The Labute approximate surface area is 123 Å². The topological polar surface area (TPSA) is 32.3 Å². The standard InChI is InChI=1S/C16H18N2OS/c1-18(11-14-5-3-9-20-14)16(19)13-6-7-15-12(10-13)4-2-8-17-15/h3,5-7,9-10,17H,2,4,8,11H2,1H3. The molecule has 0 bridgehead atoms. The van der Waals surface area contributed by atoms with Gasteiger partial charge in [0.2, 0.25) is 0 Å². The molecule has 0 unspecified atom stereocenters. The van der Waals surface area contributed by atoms with Gasteiger partial charge in [0.05, 0.1) is 6.54 Å². The van der Waals surface area contributed by atoms with E-state index in [2.05, 4.69) is 11.4 Å². The molecule has 20 heavy (non-hydrogen) atoms. The molecule has 2 aromatic rings. The number of rotatable bonds is 3. The number of hydrogen-bond donors (Lipinski definition) is 1. The van der Waals surface area contributed by atoms with Crippen molar-refractivity contribution in [3.8, 4) is 0 Å². The number of benzene rings is 1. The number of fused-ring (bicyclic) bond motifs is 1. The van der Waals surface area contributed by atoms with Crippen molar-refractivity contribution in [3.63, 3.8) is 0 Å². The third-order valence-electron chi connectivity index (χ3n) is 3.61. The zero-order valence-electron chi connectivity index (χ0n) is 11.6. The number of nitrogens with one attached hydrogen (secondary N) is 1. The highest BCUT2D eigenvalue weighted by Crippen LogP contribution is 2.23. The van der Waals surface area contributed by atoms with Gasteiger partial charge in [-0.05, 0) is 48.1 Å². The van der Waals surface area contributed by atoms with Crippen LogP contribution in [0.2, 0.25) is 0 Å². The van der Waals surface area contributed by atoms with Crippen LogP contribution < -0.4 is 5.32 Å². The van der Waals surface area contributed by atoms with Crippen LogP contribution in [-0.4, -0.2) is 24.4 Å². The zero-order valence-corrected chi connectivity index (χ0v) is 12.4. The predicted molar refractivity (Wildman–Crippen MR) is 83.4 cm³/mol. The highest BCUT2D eigenvalue weighted by Gasteiger charge is 2.15. The third kappa shape index (κ3) is 2.70. The summed E-state index contributed by atoms with van der Waals surface area (Å²) in [6.07, 6.45) is 2.19. The maximum atomic E-state index is 12.5. The Balaban J connectivity index is 1.76. The minimum absolute atomic E-state index is 0.0896. The number of aryl methyl sites for hydroxylation is 1. The molecule has 0 atom stereocenters. The van der Waals surface area contributed by atoms with Crippen LogP contribution in [0.5, 0.6) is 0 Å². The lowest BCUT2D eigenvalue weighted by Crippen LogP contribution is -2.26. The fraction of sp³-hybridized carbons (Fsp3) is 0.312. The van der Waals surface area contributed by atoms with E-state index in [4.69, 9.17) is 0 Å². The van der Waals surface area contributed by atoms with Gasteiger partial charge in [0.1, 0.15) is 0 Å². The molecule has 0 radical (unpaired) electrons. The van der Waals surface area contributed by atoms with Crippen LogP contribution in [-0.2, 0) is 13.0 Å². The number of hydrogen-bond acceptors (Lipinski definition) is 3. The molecule has 1 aliphatic heterocycles. The number of carbonyl (C=O) groups is 1. The average Bonchev–Trinajstić information content (AvgIpc) is 2.99. The van der Waals surface area contributed by atoms with Crippen molar-refractivity contribution in [1.29, 1.82) is 0 Å². The molecule has 1 amide bonds. The van der Waals surface area contributed by atoms with Gasteiger partial charge < -0.3 is 10.2 Å². The molecular formula is C16H18N2OS. The second-order valence-electron chi connectivity index (χ2n) is 5.14. The van der Waals surface area contributed by atoms with Crippen LogP contribution in [0.15, 0.2) is 35.7 Å². The third-order valence-corrected chi connectivity index (χ3v) is 4.47. The minimum atomic E-state index is 0.0896. The molecule has 3 nitrogen and oxygen atoms in total. The lowest BCUT2D eigenvalue weighted by Gasteiger charge is -2.20. The molecule has 0 aliphatic carbocycles. The lowest BCUT2D eigenvalue weighted by atomic mass is 10.0. The van der Waals surface area contributed by atoms with Gasteiger partial charge in [-0.1, -0.05) is 6.07 Å². The van der Waals surface area contributed by atoms with Crippen LogP contribution >= 0.6 is 11.3 Å². The molecule has 3 rings (SSSR count). The summed E-state index contributed by atoms with van der Waals surface area (Å²) in [6.45, 7) is 1.70. The summed E-state index contributed by atoms with van der Waals surface area (Å²) in [7, 11) is 1.86. The molecule has 104 valence electrons. The molecule has 2 heterocycles. The summed E-state index contributed by atoms with van der Waals surface area (Å²) >= 11 is 1.68. The Morgan fingerprint density at radius 2 is 2.30 bits per heavy atom. The maximum absolute atomic E-state index is 12.5. The van der Waals surface area contributed by atoms with Gasteiger partial charge in [0.25, 0.3) is 5.91 Å². The second kappa shape index (κ2) is 5.67. The second-order valence-corrected chi connectivity index (χ2v) is 6.18. The molecule has 1 aromatic carbocycles. The van der Waals surface area contributed by atoms with Crippen LogP contribution in [0.25, 0.3) is 0 Å². The highest BCUT2D eigenvalue weighted by atomic mass is 32.1. The summed E-state index contributed by atoms with van der Waals surface area (Å²) < 4.78 is 0. The first kappa shape index (κ1) is 13.2. The van der Waals surface area contributed by atoms with Crippen molar-refractivity contribution < 1.29 is 4.79 Å². The molecule has 4 heteroatoms. The molecular weight excluding hydrogens is 268 g/mol. The van der Waals surface area contributed by atoms with Crippen LogP contribution in [0.1, 0.15) is 27.2 Å². The Bertz CT molecular complexity index is 607. The first-order chi connectivity index (χ1) is 9.74. The van der Waals surface area contributed by atoms with Gasteiger partial charge in [0, 0.05) is 29.7 Å². The van der Waals surface area contributed by atoms with E-state index in [9.17, 15) is 4.79 Å². The smallest absolute Gasteiger partial charge is 0.253 e. The van der Waals surface area contributed by atoms with Crippen LogP contribution in [0, 0.1) is 0 Å². The van der Waals surface area contributed by atoms with Crippen LogP contribution in [0.4, 0.5) is 5.69 Å². The zero-order chi connectivity index (χ0) is 13.9. The average molecular weight is 286 g/mol. The van der Waals surface area contributed by atoms with Gasteiger partial charge in [-0.25, -0.2) is 0 Å². The molecule has 0 saturated carbocycles. The van der Waals surface area contributed by atoms with E-state index in [1.54, 1.807) is 16.2 Å². The van der Waals surface area contributed by atoms with Crippen molar-refractivity contribution in [1.82, 2.24) is 4.90 Å². The van der Waals surface area contributed by atoms with Gasteiger partial charge in [-0.3, -0.25) is 4.79 Å². The number of thiophene rings is 1. The Morgan fingerprint density at radius 1 is 1.40 bits per heavy atom. The molecule has 0 spiro atoms. The van der Waals surface area contributed by atoms with Crippen LogP contribution in [0.3, 0.4) is 0 Å². The Hall–Kier alpha value is -1.81. The number of anilines is 1. The summed E-state index contributed by atoms with van der Waals surface area (Å²) in [5, 5.41) is 5.41. The van der Waals surface area contributed by atoms with E-state index in [0.29, 0.717) is 6.54 Å². The molecule has 0 fully saturated rings. The van der Waals surface area contributed by atoms with E-state index in [1.807, 2.05) is 36.7 Å². The fourth-order valence-corrected chi connectivity index (χ4v) is 3.29. The number of nitrogens with zero attached hydrogens (tertiary/aromatic N) is 1. The number of carbonyl (C=O) groups excluding carboxylic acids is 1. The largest absolute Gasteiger partial charge is 0.385 e. The SMILES string of the molecule is CN(Cc1cccs1)C(=O)c1ccc2c(c1)CCCN2. The maximum Gasteiger partial charge on any atom is 0.253 e. The first-order valence-corrected chi connectivity index (χ1v) is 7.76. The monoisotopic (exact) mass is 286 g/mol. The van der Waals surface area contributed by atoms with Gasteiger partial charge in [-0.2, -0.15) is 0 Å². The van der Waals surface area contributed by atoms with E-state index < -0.39 is 0 Å². The van der Waals surface area contributed by atoms with E-state index in [1.165, 1.54) is 16.1 Å². The van der Waals surface area contributed by atoms with Crippen molar-refractivity contribution >= 4 is 22.9 Å². The molecule has 1 aliphatic rings. The Morgan fingerprint density at radius 3 is 3.10 bits per heavy atom. The lowest BCUT2D eigenvalue weighted by molar-refractivity contribution is 0.0786. The van der Waals surface area contributed by atoms with E-state index in [-0.39, 0.29) is 5.91 Å². The summed E-state index contributed by atoms with van der Waals surface area (Å²) in [5.74, 6) is 0.0896. The first-order valence-electron chi connectivity index (χ1n) is 6.89. The van der Waals surface area contributed by atoms with Crippen molar-refractivity contribution in [2.24, 2.45) is 0 Å². The quantitative estimate of drug-likeness (QED) is 0.938. The highest BCUT2D eigenvalue weighted by molar-refractivity contribution is 7.09.